The standard InChI is InChI=1S/C13H9FN4O/c14-10-2-1-3-12(8(10)6-15)18-13(19)9-7-17-5-4-11(9)16/h1-5,7H,(H2,16,17)(H,18,19). The van der Waals surface area contributed by atoms with Crippen LogP contribution in [-0.4, -0.2) is 10.9 Å². The molecule has 0 aliphatic heterocycles. The van der Waals surface area contributed by atoms with E-state index in [0.29, 0.717) is 0 Å². The molecule has 0 unspecified atom stereocenters. The van der Waals surface area contributed by atoms with Crippen molar-refractivity contribution in [1.29, 1.82) is 5.26 Å². The molecule has 0 atom stereocenters. The number of nitrogens with two attached hydrogens (primary N) is 1. The minimum atomic E-state index is -0.695. The molecule has 2 rings (SSSR count). The number of rotatable bonds is 2. The lowest BCUT2D eigenvalue weighted by Crippen LogP contribution is -2.15. The van der Waals surface area contributed by atoms with Crippen molar-refractivity contribution < 1.29 is 9.18 Å². The first-order valence-corrected chi connectivity index (χ1v) is 5.33. The predicted octanol–water partition coefficient (Wildman–Crippen LogP) is 1.93. The second-order valence-corrected chi connectivity index (χ2v) is 3.69. The smallest absolute Gasteiger partial charge is 0.259 e. The van der Waals surface area contributed by atoms with Crippen LogP contribution in [0.2, 0.25) is 0 Å². The summed E-state index contributed by atoms with van der Waals surface area (Å²) in [5.74, 6) is -1.24. The summed E-state index contributed by atoms with van der Waals surface area (Å²) in [4.78, 5) is 15.7. The second kappa shape index (κ2) is 5.14. The number of nitriles is 1. The van der Waals surface area contributed by atoms with Gasteiger partial charge in [0.1, 0.15) is 17.4 Å². The van der Waals surface area contributed by atoms with E-state index in [0.717, 1.165) is 6.07 Å². The fourth-order valence-corrected chi connectivity index (χ4v) is 1.53. The van der Waals surface area contributed by atoms with E-state index in [2.05, 4.69) is 10.3 Å². The molecule has 6 heteroatoms. The van der Waals surface area contributed by atoms with E-state index in [1.54, 1.807) is 6.07 Å². The number of amides is 1. The zero-order chi connectivity index (χ0) is 13.8. The third-order valence-corrected chi connectivity index (χ3v) is 2.47. The summed E-state index contributed by atoms with van der Waals surface area (Å²) in [6.07, 6.45) is 2.75. The van der Waals surface area contributed by atoms with Gasteiger partial charge < -0.3 is 11.1 Å². The molecular weight excluding hydrogens is 247 g/mol. The number of nitrogens with zero attached hydrogens (tertiary/aromatic N) is 2. The molecule has 94 valence electrons. The van der Waals surface area contributed by atoms with Crippen LogP contribution in [0.15, 0.2) is 36.7 Å². The van der Waals surface area contributed by atoms with Crippen LogP contribution in [0.1, 0.15) is 15.9 Å². The van der Waals surface area contributed by atoms with Gasteiger partial charge in [-0.15, -0.1) is 0 Å². The Morgan fingerprint density at radius 2 is 2.21 bits per heavy atom. The normalized spacial score (nSPS) is 9.68. The molecule has 0 aliphatic rings. The van der Waals surface area contributed by atoms with Crippen LogP contribution in [0, 0.1) is 17.1 Å². The number of hydrogen-bond acceptors (Lipinski definition) is 4. The molecule has 0 fully saturated rings. The second-order valence-electron chi connectivity index (χ2n) is 3.69. The molecule has 5 nitrogen and oxygen atoms in total. The number of pyridine rings is 1. The molecule has 0 bridgehead atoms. The molecule has 0 saturated heterocycles. The number of aromatic nitrogens is 1. The van der Waals surface area contributed by atoms with Gasteiger partial charge in [0.05, 0.1) is 11.3 Å². The first-order valence-electron chi connectivity index (χ1n) is 5.33. The Bertz CT molecular complexity index is 679. The number of carbonyl (C=O) groups excluding carboxylic acids is 1. The highest BCUT2D eigenvalue weighted by atomic mass is 19.1. The number of nitrogen functional groups attached to an aromatic ring is 1. The van der Waals surface area contributed by atoms with E-state index in [1.165, 1.54) is 30.6 Å². The van der Waals surface area contributed by atoms with Crippen molar-refractivity contribution in [3.63, 3.8) is 0 Å². The first kappa shape index (κ1) is 12.5. The predicted molar refractivity (Wildman–Crippen MR) is 67.7 cm³/mol. The molecule has 2 aromatic rings. The van der Waals surface area contributed by atoms with Crippen LogP contribution in [0.5, 0.6) is 0 Å². The Balaban J connectivity index is 2.33. The van der Waals surface area contributed by atoms with E-state index in [4.69, 9.17) is 11.0 Å². The maximum atomic E-state index is 13.4. The van der Waals surface area contributed by atoms with E-state index in [-0.39, 0.29) is 22.5 Å². The Labute approximate surface area is 108 Å². The summed E-state index contributed by atoms with van der Waals surface area (Å²) < 4.78 is 13.4. The summed E-state index contributed by atoms with van der Waals surface area (Å²) in [5, 5.41) is 11.3. The number of nitrogens with one attached hydrogen (secondary N) is 1. The van der Waals surface area contributed by atoms with Crippen LogP contribution in [-0.2, 0) is 0 Å². The lowest BCUT2D eigenvalue weighted by atomic mass is 10.1. The third-order valence-electron chi connectivity index (χ3n) is 2.47. The fraction of sp³-hybridized carbons (Fsp3) is 0. The van der Waals surface area contributed by atoms with Gasteiger partial charge in [-0.2, -0.15) is 5.26 Å². The van der Waals surface area contributed by atoms with Crippen molar-refractivity contribution in [1.82, 2.24) is 4.98 Å². The molecule has 1 amide bonds. The van der Waals surface area contributed by atoms with E-state index < -0.39 is 11.7 Å². The highest BCUT2D eigenvalue weighted by molar-refractivity contribution is 6.07. The summed E-state index contributed by atoms with van der Waals surface area (Å²) in [6, 6.07) is 7.16. The quantitative estimate of drug-likeness (QED) is 0.858. The monoisotopic (exact) mass is 256 g/mol. The van der Waals surface area contributed by atoms with Crippen LogP contribution < -0.4 is 11.1 Å². The minimum absolute atomic E-state index is 0.0933. The first-order chi connectivity index (χ1) is 9.13. The van der Waals surface area contributed by atoms with Crippen LogP contribution >= 0.6 is 0 Å². The molecule has 1 heterocycles. The van der Waals surface area contributed by atoms with Crippen molar-refractivity contribution in [2.45, 2.75) is 0 Å². The average molecular weight is 256 g/mol. The molecule has 19 heavy (non-hydrogen) atoms. The van der Waals surface area contributed by atoms with Crippen molar-refractivity contribution in [3.8, 4) is 6.07 Å². The largest absolute Gasteiger partial charge is 0.398 e. The Morgan fingerprint density at radius 1 is 1.42 bits per heavy atom. The molecule has 0 spiro atoms. The van der Waals surface area contributed by atoms with Gasteiger partial charge in [0.15, 0.2) is 0 Å². The lowest BCUT2D eigenvalue weighted by molar-refractivity contribution is 0.102. The highest BCUT2D eigenvalue weighted by Gasteiger charge is 2.14. The Hall–Kier alpha value is -2.94. The van der Waals surface area contributed by atoms with Gasteiger partial charge in [-0.25, -0.2) is 4.39 Å². The maximum Gasteiger partial charge on any atom is 0.259 e. The zero-order valence-electron chi connectivity index (χ0n) is 9.72. The van der Waals surface area contributed by atoms with Crippen molar-refractivity contribution in [3.05, 3.63) is 53.6 Å². The number of anilines is 2. The average Bonchev–Trinajstić information content (AvgIpc) is 2.39. The number of hydrogen-bond donors (Lipinski definition) is 2. The minimum Gasteiger partial charge on any atom is -0.398 e. The van der Waals surface area contributed by atoms with Crippen molar-refractivity contribution >= 4 is 17.3 Å². The van der Waals surface area contributed by atoms with Crippen molar-refractivity contribution in [2.24, 2.45) is 0 Å². The summed E-state index contributed by atoms with van der Waals surface area (Å²) in [7, 11) is 0. The molecule has 0 saturated carbocycles. The number of carbonyl (C=O) groups is 1. The molecule has 0 aliphatic carbocycles. The van der Waals surface area contributed by atoms with Gasteiger partial charge in [-0.1, -0.05) is 6.07 Å². The van der Waals surface area contributed by atoms with Gasteiger partial charge in [0, 0.05) is 18.1 Å². The van der Waals surface area contributed by atoms with E-state index in [1.807, 2.05) is 0 Å². The van der Waals surface area contributed by atoms with Gasteiger partial charge in [-0.05, 0) is 18.2 Å². The highest BCUT2D eigenvalue weighted by Crippen LogP contribution is 2.19. The molecule has 1 aromatic carbocycles. The van der Waals surface area contributed by atoms with Gasteiger partial charge in [0.2, 0.25) is 0 Å². The molecule has 1 aromatic heterocycles. The van der Waals surface area contributed by atoms with Gasteiger partial charge in [-0.3, -0.25) is 9.78 Å². The topological polar surface area (TPSA) is 91.8 Å². The Kier molecular flexibility index (Phi) is 3.39. The maximum absolute atomic E-state index is 13.4. The van der Waals surface area contributed by atoms with Gasteiger partial charge in [0.25, 0.3) is 5.91 Å². The summed E-state index contributed by atoms with van der Waals surface area (Å²) >= 11 is 0. The van der Waals surface area contributed by atoms with Crippen LogP contribution in [0.3, 0.4) is 0 Å². The lowest BCUT2D eigenvalue weighted by Gasteiger charge is -2.08. The van der Waals surface area contributed by atoms with Gasteiger partial charge >= 0.3 is 0 Å². The van der Waals surface area contributed by atoms with E-state index >= 15 is 0 Å². The van der Waals surface area contributed by atoms with E-state index in [9.17, 15) is 9.18 Å². The number of benzene rings is 1. The Morgan fingerprint density at radius 3 is 2.89 bits per heavy atom. The molecule has 0 radical (unpaired) electrons. The summed E-state index contributed by atoms with van der Waals surface area (Å²) in [6.45, 7) is 0. The van der Waals surface area contributed by atoms with Crippen LogP contribution in [0.4, 0.5) is 15.8 Å². The molecular formula is C13H9FN4O. The van der Waals surface area contributed by atoms with Crippen LogP contribution in [0.25, 0.3) is 0 Å². The molecule has 3 N–H and O–H groups in total. The van der Waals surface area contributed by atoms with Crippen molar-refractivity contribution in [2.75, 3.05) is 11.1 Å². The number of halogens is 1. The summed E-state index contributed by atoms with van der Waals surface area (Å²) in [5.41, 5.74) is 5.92. The zero-order valence-corrected chi connectivity index (χ0v) is 9.72. The fourth-order valence-electron chi connectivity index (χ4n) is 1.53. The SMILES string of the molecule is N#Cc1c(F)cccc1NC(=O)c1cnccc1N. The third kappa shape index (κ3) is 2.50.